The zero-order valence-corrected chi connectivity index (χ0v) is 9.96. The SMILES string of the molecule is CC(C(N)=O)c1ccc(C(=O)N2CC2C#N)cc1. The standard InChI is InChI=1S/C13H13N3O2/c1-8(12(15)17)9-2-4-10(5-3-9)13(18)16-7-11(16)6-14/h2-5,8,11H,7H2,1H3,(H2,15,17). The topological polar surface area (TPSA) is 87.0 Å². The van der Waals surface area contributed by atoms with Gasteiger partial charge in [0.2, 0.25) is 5.91 Å². The number of carbonyl (C=O) groups is 2. The molecule has 0 radical (unpaired) electrons. The molecular formula is C13H13N3O2. The van der Waals surface area contributed by atoms with Gasteiger partial charge in [-0.25, -0.2) is 0 Å². The van der Waals surface area contributed by atoms with E-state index in [9.17, 15) is 9.59 Å². The fraction of sp³-hybridized carbons (Fsp3) is 0.308. The van der Waals surface area contributed by atoms with E-state index < -0.39 is 5.91 Å². The minimum atomic E-state index is -0.399. The molecule has 5 heteroatoms. The van der Waals surface area contributed by atoms with E-state index >= 15 is 0 Å². The normalized spacial score (nSPS) is 18.9. The van der Waals surface area contributed by atoms with Crippen LogP contribution in [0.2, 0.25) is 0 Å². The van der Waals surface area contributed by atoms with Gasteiger partial charge in [0.05, 0.1) is 18.5 Å². The molecule has 2 amide bonds. The minimum absolute atomic E-state index is 0.153. The Hall–Kier alpha value is -2.35. The van der Waals surface area contributed by atoms with Crippen LogP contribution in [-0.4, -0.2) is 29.3 Å². The Balaban J connectivity index is 2.11. The van der Waals surface area contributed by atoms with Gasteiger partial charge in [-0.05, 0) is 24.6 Å². The van der Waals surface area contributed by atoms with Crippen molar-refractivity contribution in [2.24, 2.45) is 5.73 Å². The molecule has 2 unspecified atom stereocenters. The molecule has 2 N–H and O–H groups in total. The van der Waals surface area contributed by atoms with Crippen LogP contribution in [0.4, 0.5) is 0 Å². The van der Waals surface area contributed by atoms with E-state index in [4.69, 9.17) is 11.0 Å². The Morgan fingerprint density at radius 1 is 1.44 bits per heavy atom. The lowest BCUT2D eigenvalue weighted by molar-refractivity contribution is -0.119. The van der Waals surface area contributed by atoms with Gasteiger partial charge < -0.3 is 10.6 Å². The maximum Gasteiger partial charge on any atom is 0.255 e. The van der Waals surface area contributed by atoms with Gasteiger partial charge in [0, 0.05) is 5.56 Å². The van der Waals surface area contributed by atoms with Gasteiger partial charge in [-0.15, -0.1) is 0 Å². The molecule has 1 saturated heterocycles. The Labute approximate surface area is 105 Å². The van der Waals surface area contributed by atoms with Crippen LogP contribution in [0.15, 0.2) is 24.3 Å². The van der Waals surface area contributed by atoms with Crippen molar-refractivity contribution in [2.75, 3.05) is 6.54 Å². The summed E-state index contributed by atoms with van der Waals surface area (Å²) in [6.45, 7) is 2.21. The molecule has 1 aromatic carbocycles. The van der Waals surface area contributed by atoms with Gasteiger partial charge >= 0.3 is 0 Å². The molecule has 2 rings (SSSR count). The highest BCUT2D eigenvalue weighted by molar-refractivity contribution is 5.96. The lowest BCUT2D eigenvalue weighted by Gasteiger charge is -2.08. The number of amides is 2. The molecule has 18 heavy (non-hydrogen) atoms. The summed E-state index contributed by atoms with van der Waals surface area (Å²) in [5.41, 5.74) is 6.51. The molecular weight excluding hydrogens is 230 g/mol. The average molecular weight is 243 g/mol. The third-order valence-electron chi connectivity index (χ3n) is 3.11. The third kappa shape index (κ3) is 2.18. The molecule has 0 bridgehead atoms. The Bertz CT molecular complexity index is 530. The predicted octanol–water partition coefficient (Wildman–Crippen LogP) is 0.623. The second kappa shape index (κ2) is 4.49. The summed E-state index contributed by atoms with van der Waals surface area (Å²) >= 11 is 0. The largest absolute Gasteiger partial charge is 0.369 e. The smallest absolute Gasteiger partial charge is 0.255 e. The summed E-state index contributed by atoms with van der Waals surface area (Å²) < 4.78 is 0. The molecule has 1 aliphatic rings. The molecule has 1 aromatic rings. The Kier molecular flexibility index (Phi) is 3.02. The second-order valence-corrected chi connectivity index (χ2v) is 4.35. The van der Waals surface area contributed by atoms with E-state index in [1.165, 1.54) is 4.90 Å². The Morgan fingerprint density at radius 3 is 2.50 bits per heavy atom. The number of nitrogens with two attached hydrogens (primary N) is 1. The first-order chi connectivity index (χ1) is 8.54. The van der Waals surface area contributed by atoms with Crippen LogP contribution in [0, 0.1) is 11.3 Å². The first-order valence-electron chi connectivity index (χ1n) is 5.64. The molecule has 5 nitrogen and oxygen atoms in total. The fourth-order valence-electron chi connectivity index (χ4n) is 1.72. The van der Waals surface area contributed by atoms with Gasteiger partial charge in [0.25, 0.3) is 5.91 Å². The van der Waals surface area contributed by atoms with Gasteiger partial charge in [0.1, 0.15) is 6.04 Å². The van der Waals surface area contributed by atoms with E-state index in [1.807, 2.05) is 6.07 Å². The summed E-state index contributed by atoms with van der Waals surface area (Å²) in [6, 6.07) is 8.48. The highest BCUT2D eigenvalue weighted by atomic mass is 16.2. The van der Waals surface area contributed by atoms with Crippen molar-refractivity contribution in [1.29, 1.82) is 5.26 Å². The first-order valence-corrected chi connectivity index (χ1v) is 5.64. The van der Waals surface area contributed by atoms with Crippen LogP contribution in [-0.2, 0) is 4.79 Å². The number of hydrogen-bond donors (Lipinski definition) is 1. The molecule has 92 valence electrons. The van der Waals surface area contributed by atoms with Crippen LogP contribution < -0.4 is 5.73 Å². The van der Waals surface area contributed by atoms with Crippen LogP contribution in [0.5, 0.6) is 0 Å². The van der Waals surface area contributed by atoms with E-state index in [1.54, 1.807) is 31.2 Å². The van der Waals surface area contributed by atoms with Crippen molar-refractivity contribution >= 4 is 11.8 Å². The molecule has 0 aromatic heterocycles. The van der Waals surface area contributed by atoms with Gasteiger partial charge in [0.15, 0.2) is 0 Å². The third-order valence-corrected chi connectivity index (χ3v) is 3.11. The predicted molar refractivity (Wildman–Crippen MR) is 64.5 cm³/mol. The van der Waals surface area contributed by atoms with E-state index in [0.29, 0.717) is 12.1 Å². The summed E-state index contributed by atoms with van der Waals surface area (Å²) in [7, 11) is 0. The van der Waals surface area contributed by atoms with Crippen molar-refractivity contribution < 1.29 is 9.59 Å². The quantitative estimate of drug-likeness (QED) is 0.789. The number of nitrogens with zero attached hydrogens (tertiary/aromatic N) is 2. The van der Waals surface area contributed by atoms with Crippen LogP contribution >= 0.6 is 0 Å². The number of hydrogen-bond acceptors (Lipinski definition) is 3. The number of carbonyl (C=O) groups excluding carboxylic acids is 2. The number of primary amides is 1. The average Bonchev–Trinajstić information content (AvgIpc) is 3.16. The molecule has 1 fully saturated rings. The second-order valence-electron chi connectivity index (χ2n) is 4.35. The Morgan fingerprint density at radius 2 is 2.06 bits per heavy atom. The maximum absolute atomic E-state index is 11.9. The van der Waals surface area contributed by atoms with Crippen molar-refractivity contribution in [3.63, 3.8) is 0 Å². The molecule has 0 aliphatic carbocycles. The number of benzene rings is 1. The van der Waals surface area contributed by atoms with Gasteiger partial charge in [-0.1, -0.05) is 12.1 Å². The highest BCUT2D eigenvalue weighted by Gasteiger charge is 2.38. The first kappa shape index (κ1) is 12.1. The number of nitriles is 1. The van der Waals surface area contributed by atoms with Crippen LogP contribution in [0.3, 0.4) is 0 Å². The number of rotatable bonds is 3. The molecule has 0 spiro atoms. The van der Waals surface area contributed by atoms with E-state index in [0.717, 1.165) is 5.56 Å². The molecule has 0 saturated carbocycles. The van der Waals surface area contributed by atoms with Gasteiger partial charge in [-0.2, -0.15) is 5.26 Å². The van der Waals surface area contributed by atoms with E-state index in [-0.39, 0.29) is 17.9 Å². The highest BCUT2D eigenvalue weighted by Crippen LogP contribution is 2.22. The van der Waals surface area contributed by atoms with Crippen LogP contribution in [0.1, 0.15) is 28.8 Å². The monoisotopic (exact) mass is 243 g/mol. The molecule has 1 heterocycles. The minimum Gasteiger partial charge on any atom is -0.369 e. The van der Waals surface area contributed by atoms with Crippen molar-refractivity contribution in [3.05, 3.63) is 35.4 Å². The van der Waals surface area contributed by atoms with Crippen molar-refractivity contribution in [3.8, 4) is 6.07 Å². The zero-order chi connectivity index (χ0) is 13.3. The van der Waals surface area contributed by atoms with Crippen molar-refractivity contribution in [1.82, 2.24) is 4.90 Å². The zero-order valence-electron chi connectivity index (χ0n) is 9.96. The molecule has 2 atom stereocenters. The lowest BCUT2D eigenvalue weighted by Crippen LogP contribution is -2.19. The maximum atomic E-state index is 11.9. The summed E-state index contributed by atoms with van der Waals surface area (Å²) in [4.78, 5) is 24.4. The van der Waals surface area contributed by atoms with Gasteiger partial charge in [-0.3, -0.25) is 9.59 Å². The van der Waals surface area contributed by atoms with Crippen molar-refractivity contribution in [2.45, 2.75) is 18.9 Å². The van der Waals surface area contributed by atoms with Crippen LogP contribution in [0.25, 0.3) is 0 Å². The fourth-order valence-corrected chi connectivity index (χ4v) is 1.72. The van der Waals surface area contributed by atoms with E-state index in [2.05, 4.69) is 0 Å². The summed E-state index contributed by atoms with van der Waals surface area (Å²) in [6.07, 6.45) is 0. The lowest BCUT2D eigenvalue weighted by atomic mass is 9.99. The summed E-state index contributed by atoms with van der Waals surface area (Å²) in [5.74, 6) is -0.924. The summed E-state index contributed by atoms with van der Waals surface area (Å²) in [5, 5.41) is 8.65. The molecule has 1 aliphatic heterocycles.